The lowest BCUT2D eigenvalue weighted by Gasteiger charge is -2.24. The molecule has 0 heterocycles. The smallest absolute Gasteiger partial charge is 0.235 e. The molecule has 0 radical (unpaired) electrons. The van der Waals surface area contributed by atoms with E-state index < -0.39 is 15.4 Å². The molecule has 1 saturated carbocycles. The molecule has 2 rings (SSSR count). The van der Waals surface area contributed by atoms with E-state index in [0.29, 0.717) is 22.9 Å². The highest BCUT2D eigenvalue weighted by atomic mass is 79.9. The second kappa shape index (κ2) is 5.91. The Morgan fingerprint density at radius 3 is 2.43 bits per heavy atom. The molecule has 0 unspecified atom stereocenters. The lowest BCUT2D eigenvalue weighted by molar-refractivity contribution is 0.397. The van der Waals surface area contributed by atoms with E-state index in [-0.39, 0.29) is 10.6 Å². The number of carbonyl (C=O) groups excluding carboxylic acids is 1. The van der Waals surface area contributed by atoms with Crippen molar-refractivity contribution in [1.82, 2.24) is 0 Å². The summed E-state index contributed by atoms with van der Waals surface area (Å²) in [4.78, 5) is 14.9. The number of hydrogen-bond donors (Lipinski definition) is 0. The molecule has 0 saturated heterocycles. The largest absolute Gasteiger partial charge is 0.494 e. The summed E-state index contributed by atoms with van der Waals surface area (Å²) in [7, 11) is -2.04. The van der Waals surface area contributed by atoms with Gasteiger partial charge in [-0.2, -0.15) is 4.99 Å². The van der Waals surface area contributed by atoms with Crippen LogP contribution in [0.15, 0.2) is 26.5 Å². The number of aliphatic imine (C=N–C) groups is 1. The molecule has 0 N–H and O–H groups in total. The minimum atomic E-state index is -3.46. The molecule has 1 aliphatic rings. The van der Waals surface area contributed by atoms with Crippen LogP contribution in [0.4, 0.5) is 0 Å². The summed E-state index contributed by atoms with van der Waals surface area (Å²) in [5.74, 6) is 0.268. The normalized spacial score (nSPS) is 17.3. The maximum Gasteiger partial charge on any atom is 0.235 e. The molecule has 0 spiro atoms. The van der Waals surface area contributed by atoms with E-state index in [4.69, 9.17) is 4.74 Å². The Labute approximate surface area is 132 Å². The lowest BCUT2D eigenvalue weighted by Crippen LogP contribution is -2.20. The first-order valence-corrected chi connectivity index (χ1v) is 9.19. The van der Waals surface area contributed by atoms with Gasteiger partial charge >= 0.3 is 0 Å². The predicted molar refractivity (Wildman–Crippen MR) is 82.1 cm³/mol. The van der Waals surface area contributed by atoms with E-state index in [1.54, 1.807) is 18.2 Å². The quantitative estimate of drug-likeness (QED) is 0.600. The number of sulfone groups is 1. The number of benzene rings is 1. The molecule has 1 aliphatic carbocycles. The highest BCUT2D eigenvalue weighted by Gasteiger charge is 2.37. The molecular weight excluding hydrogens is 358 g/mol. The molecule has 0 aromatic heterocycles. The Bertz CT molecular complexity index is 702. The molecule has 1 fully saturated rings. The van der Waals surface area contributed by atoms with Crippen molar-refractivity contribution in [1.29, 1.82) is 0 Å². The molecule has 0 amide bonds. The van der Waals surface area contributed by atoms with Gasteiger partial charge in [0.05, 0.1) is 17.1 Å². The molecule has 1 aromatic carbocycles. The van der Waals surface area contributed by atoms with Crippen LogP contribution in [0.5, 0.6) is 5.75 Å². The second-order valence-electron chi connectivity index (χ2n) is 5.20. The van der Waals surface area contributed by atoms with E-state index in [2.05, 4.69) is 20.9 Å². The van der Waals surface area contributed by atoms with Crippen LogP contribution in [0.2, 0.25) is 0 Å². The van der Waals surface area contributed by atoms with Gasteiger partial charge in [0.15, 0.2) is 15.6 Å². The molecule has 0 bridgehead atoms. The first kappa shape index (κ1) is 16.2. The zero-order valence-electron chi connectivity index (χ0n) is 11.8. The summed E-state index contributed by atoms with van der Waals surface area (Å²) in [6.45, 7) is 0. The number of methoxy groups -OCH3 is 1. The van der Waals surface area contributed by atoms with Crippen molar-refractivity contribution < 1.29 is 17.9 Å². The van der Waals surface area contributed by atoms with Crippen molar-refractivity contribution >= 4 is 31.8 Å². The minimum absolute atomic E-state index is 0.0988. The maximum absolute atomic E-state index is 12.0. The highest BCUT2D eigenvalue weighted by molar-refractivity contribution is 9.10. The van der Waals surface area contributed by atoms with Crippen LogP contribution in [0, 0.1) is 0 Å². The summed E-state index contributed by atoms with van der Waals surface area (Å²) in [5.41, 5.74) is 0.0344. The average molecular weight is 374 g/mol. The summed E-state index contributed by atoms with van der Waals surface area (Å²) in [6.07, 6.45) is 6.08. The molecule has 0 atom stereocenters. The molecule has 0 aliphatic heterocycles. The lowest BCUT2D eigenvalue weighted by atomic mass is 9.89. The molecule has 21 heavy (non-hydrogen) atoms. The number of rotatable bonds is 4. The third kappa shape index (κ3) is 3.05. The van der Waals surface area contributed by atoms with Crippen molar-refractivity contribution in [2.75, 3.05) is 13.4 Å². The number of ether oxygens (including phenoxy) is 1. The van der Waals surface area contributed by atoms with Crippen molar-refractivity contribution in [2.24, 2.45) is 4.99 Å². The van der Waals surface area contributed by atoms with Gasteiger partial charge in [-0.05, 0) is 46.5 Å². The van der Waals surface area contributed by atoms with E-state index >= 15 is 0 Å². The third-order valence-corrected chi connectivity index (χ3v) is 5.53. The van der Waals surface area contributed by atoms with Crippen LogP contribution < -0.4 is 4.74 Å². The molecule has 1 aromatic rings. The van der Waals surface area contributed by atoms with E-state index in [1.807, 2.05) is 0 Å². The Morgan fingerprint density at radius 1 is 1.33 bits per heavy atom. The number of isocyanates is 1. The molecule has 114 valence electrons. The van der Waals surface area contributed by atoms with Gasteiger partial charge in [0.2, 0.25) is 6.08 Å². The van der Waals surface area contributed by atoms with E-state index in [0.717, 1.165) is 19.1 Å². The summed E-state index contributed by atoms with van der Waals surface area (Å²) in [5, 5.41) is 0. The van der Waals surface area contributed by atoms with Gasteiger partial charge in [-0.1, -0.05) is 12.8 Å². The summed E-state index contributed by atoms with van der Waals surface area (Å²) in [6, 6.07) is 3.34. The number of halogens is 1. The van der Waals surface area contributed by atoms with Crippen LogP contribution in [0.1, 0.15) is 31.2 Å². The van der Waals surface area contributed by atoms with Crippen LogP contribution in [0.25, 0.3) is 0 Å². The monoisotopic (exact) mass is 373 g/mol. The predicted octanol–water partition coefficient (Wildman–Crippen LogP) is 2.97. The highest BCUT2D eigenvalue weighted by Crippen LogP contribution is 2.45. The number of hydrogen-bond acceptors (Lipinski definition) is 5. The summed E-state index contributed by atoms with van der Waals surface area (Å²) < 4.78 is 29.7. The Hall–Kier alpha value is -1.17. The van der Waals surface area contributed by atoms with Gasteiger partial charge in [0.25, 0.3) is 0 Å². The van der Waals surface area contributed by atoms with Gasteiger partial charge in [-0.3, -0.25) is 0 Å². The van der Waals surface area contributed by atoms with Crippen LogP contribution in [-0.4, -0.2) is 27.9 Å². The zero-order chi connectivity index (χ0) is 15.7. The average Bonchev–Trinajstić information content (AvgIpc) is 2.87. The van der Waals surface area contributed by atoms with Gasteiger partial charge < -0.3 is 4.74 Å². The van der Waals surface area contributed by atoms with Crippen molar-refractivity contribution in [3.05, 3.63) is 22.2 Å². The SMILES string of the molecule is COc1c(Br)cc(C2(N=C=O)CCCC2)cc1S(C)(=O)=O. The topological polar surface area (TPSA) is 72.8 Å². The van der Waals surface area contributed by atoms with Crippen LogP contribution >= 0.6 is 15.9 Å². The molecule has 5 nitrogen and oxygen atoms in total. The summed E-state index contributed by atoms with van der Waals surface area (Å²) >= 11 is 3.34. The number of nitrogens with zero attached hydrogens (tertiary/aromatic N) is 1. The van der Waals surface area contributed by atoms with Gasteiger partial charge in [0, 0.05) is 6.26 Å². The van der Waals surface area contributed by atoms with Gasteiger partial charge in [-0.25, -0.2) is 13.2 Å². The van der Waals surface area contributed by atoms with Crippen molar-refractivity contribution in [3.8, 4) is 5.75 Å². The van der Waals surface area contributed by atoms with Crippen molar-refractivity contribution in [2.45, 2.75) is 36.1 Å². The van der Waals surface area contributed by atoms with E-state index in [1.165, 1.54) is 7.11 Å². The third-order valence-electron chi connectivity index (χ3n) is 3.84. The maximum atomic E-state index is 12.0. The zero-order valence-corrected chi connectivity index (χ0v) is 14.3. The van der Waals surface area contributed by atoms with Crippen molar-refractivity contribution in [3.63, 3.8) is 0 Å². The van der Waals surface area contributed by atoms with E-state index in [9.17, 15) is 13.2 Å². The minimum Gasteiger partial charge on any atom is -0.494 e. The van der Waals surface area contributed by atoms with Crippen LogP contribution in [-0.2, 0) is 20.2 Å². The Balaban J connectivity index is 2.71. The second-order valence-corrected chi connectivity index (χ2v) is 8.04. The molecule has 7 heteroatoms. The Morgan fingerprint density at radius 2 is 1.95 bits per heavy atom. The fourth-order valence-electron chi connectivity index (χ4n) is 2.82. The first-order chi connectivity index (χ1) is 9.84. The Kier molecular flexibility index (Phi) is 4.56. The van der Waals surface area contributed by atoms with Gasteiger partial charge in [-0.15, -0.1) is 0 Å². The molecular formula is C14H16BrNO4S. The van der Waals surface area contributed by atoms with Crippen LogP contribution in [0.3, 0.4) is 0 Å². The standard InChI is InChI=1S/C14H16BrNO4S/c1-20-13-11(15)7-10(8-12(13)21(2,18)19)14(16-9-17)5-3-4-6-14/h7-8H,3-6H2,1-2H3. The fourth-order valence-corrected chi connectivity index (χ4v) is 4.45. The fraction of sp³-hybridized carbons (Fsp3) is 0.500. The first-order valence-electron chi connectivity index (χ1n) is 6.51. The van der Waals surface area contributed by atoms with Gasteiger partial charge in [0.1, 0.15) is 4.90 Å².